The highest BCUT2D eigenvalue weighted by molar-refractivity contribution is 5.00. The minimum absolute atomic E-state index is 0.713. The first kappa shape index (κ1) is 11.4. The molecule has 0 aromatic carbocycles. The van der Waals surface area contributed by atoms with Crippen molar-refractivity contribution >= 4 is 0 Å². The summed E-state index contributed by atoms with van der Waals surface area (Å²) in [5, 5.41) is 0. The van der Waals surface area contributed by atoms with Crippen LogP contribution in [0.5, 0.6) is 0 Å². The van der Waals surface area contributed by atoms with E-state index in [0.29, 0.717) is 6.61 Å². The van der Waals surface area contributed by atoms with E-state index < -0.39 is 0 Å². The summed E-state index contributed by atoms with van der Waals surface area (Å²) in [4.78, 5) is 0. The fourth-order valence-corrected chi connectivity index (χ4v) is 1.68. The van der Waals surface area contributed by atoms with Gasteiger partial charge in [-0.2, -0.15) is 0 Å². The normalized spacial score (nSPS) is 16.4. The van der Waals surface area contributed by atoms with Crippen molar-refractivity contribution in [1.82, 2.24) is 0 Å². The lowest BCUT2D eigenvalue weighted by Crippen LogP contribution is -2.12. The number of rotatable bonds is 6. The number of ether oxygens (including phenoxy) is 2. The summed E-state index contributed by atoms with van der Waals surface area (Å²) in [5.41, 5.74) is 0. The van der Waals surface area contributed by atoms with Crippen LogP contribution in [0.2, 0.25) is 0 Å². The van der Waals surface area contributed by atoms with Gasteiger partial charge in [0.1, 0.15) is 24.7 Å². The molecular formula is C12H22O2. The summed E-state index contributed by atoms with van der Waals surface area (Å²) in [6.07, 6.45) is 7.61. The highest BCUT2D eigenvalue weighted by atomic mass is 16.6. The third-order valence-electron chi connectivity index (χ3n) is 2.58. The van der Waals surface area contributed by atoms with E-state index in [-0.39, 0.29) is 0 Å². The summed E-state index contributed by atoms with van der Waals surface area (Å²) in [5.74, 6) is 2.07. The molecule has 0 unspecified atom stereocenters. The van der Waals surface area contributed by atoms with Gasteiger partial charge in [-0.25, -0.2) is 0 Å². The lowest BCUT2D eigenvalue weighted by Gasteiger charge is -2.19. The lowest BCUT2D eigenvalue weighted by atomic mass is 10.1. The first-order valence-corrected chi connectivity index (χ1v) is 5.80. The minimum atomic E-state index is 0.713. The molecule has 0 aromatic rings. The fraction of sp³-hybridized carbons (Fsp3) is 0.833. The molecule has 1 heterocycles. The van der Waals surface area contributed by atoms with Crippen molar-refractivity contribution in [3.05, 3.63) is 11.5 Å². The maximum Gasteiger partial charge on any atom is 0.133 e. The Kier molecular flexibility index (Phi) is 5.50. The Morgan fingerprint density at radius 1 is 1.00 bits per heavy atom. The quantitative estimate of drug-likeness (QED) is 0.607. The molecule has 0 saturated carbocycles. The van der Waals surface area contributed by atoms with E-state index in [1.807, 2.05) is 6.92 Å². The molecule has 0 aromatic heterocycles. The maximum atomic E-state index is 5.55. The zero-order valence-electron chi connectivity index (χ0n) is 9.47. The molecule has 0 aliphatic carbocycles. The number of hydrogen-bond acceptors (Lipinski definition) is 2. The lowest BCUT2D eigenvalue weighted by molar-refractivity contribution is 0.0581. The van der Waals surface area contributed by atoms with Crippen LogP contribution in [0.15, 0.2) is 11.5 Å². The van der Waals surface area contributed by atoms with Crippen LogP contribution in [0.1, 0.15) is 52.4 Å². The maximum absolute atomic E-state index is 5.55. The monoisotopic (exact) mass is 198 g/mol. The first-order valence-electron chi connectivity index (χ1n) is 5.80. The first-order chi connectivity index (χ1) is 6.84. The number of unbranched alkanes of at least 4 members (excludes halogenated alkanes) is 4. The molecule has 0 atom stereocenters. The Morgan fingerprint density at radius 3 is 2.43 bits per heavy atom. The van der Waals surface area contributed by atoms with E-state index in [4.69, 9.17) is 9.47 Å². The van der Waals surface area contributed by atoms with Crippen LogP contribution < -0.4 is 0 Å². The molecule has 14 heavy (non-hydrogen) atoms. The smallest absolute Gasteiger partial charge is 0.133 e. The summed E-state index contributed by atoms with van der Waals surface area (Å²) >= 11 is 0. The molecule has 0 saturated heterocycles. The molecule has 0 N–H and O–H groups in total. The van der Waals surface area contributed by atoms with E-state index in [2.05, 4.69) is 6.92 Å². The van der Waals surface area contributed by atoms with Crippen molar-refractivity contribution < 1.29 is 9.47 Å². The fourth-order valence-electron chi connectivity index (χ4n) is 1.68. The van der Waals surface area contributed by atoms with Crippen molar-refractivity contribution in [1.29, 1.82) is 0 Å². The van der Waals surface area contributed by atoms with Crippen molar-refractivity contribution in [3.63, 3.8) is 0 Å². The molecule has 0 bridgehead atoms. The zero-order chi connectivity index (χ0) is 10.2. The Bertz CT molecular complexity index is 185. The van der Waals surface area contributed by atoms with Crippen molar-refractivity contribution in [2.75, 3.05) is 13.2 Å². The highest BCUT2D eigenvalue weighted by Gasteiger charge is 2.10. The van der Waals surface area contributed by atoms with Gasteiger partial charge in [-0.15, -0.1) is 0 Å². The van der Waals surface area contributed by atoms with Gasteiger partial charge in [0.25, 0.3) is 0 Å². The van der Waals surface area contributed by atoms with E-state index in [1.165, 1.54) is 32.1 Å². The predicted octanol–water partition coefficient (Wildman–Crippen LogP) is 3.63. The molecule has 0 radical (unpaired) electrons. The summed E-state index contributed by atoms with van der Waals surface area (Å²) < 4.78 is 11.0. The average molecular weight is 198 g/mol. The third-order valence-corrected chi connectivity index (χ3v) is 2.58. The Morgan fingerprint density at radius 2 is 1.71 bits per heavy atom. The molecule has 0 amide bonds. The molecule has 1 aliphatic rings. The van der Waals surface area contributed by atoms with Crippen LogP contribution in [0.4, 0.5) is 0 Å². The van der Waals surface area contributed by atoms with Gasteiger partial charge in [-0.1, -0.05) is 32.6 Å². The average Bonchev–Trinajstić information content (AvgIpc) is 2.20. The molecule has 1 rings (SSSR count). The summed E-state index contributed by atoms with van der Waals surface area (Å²) in [7, 11) is 0. The van der Waals surface area contributed by atoms with Crippen LogP contribution in [0.3, 0.4) is 0 Å². The largest absolute Gasteiger partial charge is 0.491 e. The molecule has 82 valence electrons. The minimum Gasteiger partial charge on any atom is -0.491 e. The van der Waals surface area contributed by atoms with Gasteiger partial charge in [0, 0.05) is 6.42 Å². The number of allylic oxidation sites excluding steroid dienone is 2. The van der Waals surface area contributed by atoms with Crippen molar-refractivity contribution in [2.24, 2.45) is 0 Å². The van der Waals surface area contributed by atoms with E-state index >= 15 is 0 Å². The molecular weight excluding hydrogens is 176 g/mol. The van der Waals surface area contributed by atoms with E-state index in [0.717, 1.165) is 24.5 Å². The summed E-state index contributed by atoms with van der Waals surface area (Å²) in [6.45, 7) is 5.68. The van der Waals surface area contributed by atoms with Crippen molar-refractivity contribution in [3.8, 4) is 0 Å². The SMILES string of the molecule is CCCCCCCC1=C(C)OCCO1. The predicted molar refractivity (Wildman–Crippen MR) is 58.0 cm³/mol. The molecule has 0 fully saturated rings. The second-order valence-corrected chi connectivity index (χ2v) is 3.84. The third kappa shape index (κ3) is 4.03. The van der Waals surface area contributed by atoms with Gasteiger partial charge in [0.15, 0.2) is 0 Å². The van der Waals surface area contributed by atoms with Gasteiger partial charge in [-0.05, 0) is 13.3 Å². The van der Waals surface area contributed by atoms with Crippen LogP contribution in [-0.2, 0) is 9.47 Å². The van der Waals surface area contributed by atoms with Crippen LogP contribution in [0.25, 0.3) is 0 Å². The van der Waals surface area contributed by atoms with Crippen LogP contribution in [-0.4, -0.2) is 13.2 Å². The molecule has 2 heteroatoms. The van der Waals surface area contributed by atoms with E-state index in [9.17, 15) is 0 Å². The molecule has 0 spiro atoms. The molecule has 2 nitrogen and oxygen atoms in total. The zero-order valence-corrected chi connectivity index (χ0v) is 9.47. The number of hydrogen-bond donors (Lipinski definition) is 0. The Labute approximate surface area is 87.3 Å². The standard InChI is InChI=1S/C12H22O2/c1-3-4-5-6-7-8-12-11(2)13-9-10-14-12/h3-10H2,1-2H3. The topological polar surface area (TPSA) is 18.5 Å². The van der Waals surface area contributed by atoms with Gasteiger partial charge >= 0.3 is 0 Å². The van der Waals surface area contributed by atoms with Crippen LogP contribution in [0, 0.1) is 0 Å². The Hall–Kier alpha value is -0.660. The van der Waals surface area contributed by atoms with Crippen LogP contribution >= 0.6 is 0 Å². The highest BCUT2D eigenvalue weighted by Crippen LogP contribution is 2.19. The molecule has 1 aliphatic heterocycles. The van der Waals surface area contributed by atoms with E-state index in [1.54, 1.807) is 0 Å². The van der Waals surface area contributed by atoms with Gasteiger partial charge in [-0.3, -0.25) is 0 Å². The van der Waals surface area contributed by atoms with Crippen molar-refractivity contribution in [2.45, 2.75) is 52.4 Å². The van der Waals surface area contributed by atoms with Gasteiger partial charge in [0.05, 0.1) is 0 Å². The second-order valence-electron chi connectivity index (χ2n) is 3.84. The Balaban J connectivity index is 2.10. The van der Waals surface area contributed by atoms with Gasteiger partial charge in [0.2, 0.25) is 0 Å². The van der Waals surface area contributed by atoms with Gasteiger partial charge < -0.3 is 9.47 Å². The summed E-state index contributed by atoms with van der Waals surface area (Å²) in [6, 6.07) is 0. The second kappa shape index (κ2) is 6.74.